The third-order valence-corrected chi connectivity index (χ3v) is 6.74. The maximum Gasteiger partial charge on any atom is 0.255 e. The highest BCUT2D eigenvalue weighted by atomic mass is 16.2. The van der Waals surface area contributed by atoms with Crippen LogP contribution in [0.1, 0.15) is 40.4 Å². The van der Waals surface area contributed by atoms with Gasteiger partial charge < -0.3 is 25.3 Å². The van der Waals surface area contributed by atoms with Gasteiger partial charge in [-0.1, -0.05) is 18.2 Å². The monoisotopic (exact) mass is 462 g/mol. The zero-order valence-corrected chi connectivity index (χ0v) is 19.4. The first-order valence-corrected chi connectivity index (χ1v) is 11.9. The molecule has 2 aliphatic heterocycles. The number of hydrogen-bond acceptors (Lipinski definition) is 6. The molecule has 1 aromatic carbocycles. The number of aromatic nitrogens is 1. The Morgan fingerprint density at radius 2 is 1.82 bits per heavy atom. The smallest absolute Gasteiger partial charge is 0.255 e. The van der Waals surface area contributed by atoms with E-state index >= 15 is 0 Å². The third kappa shape index (κ3) is 4.61. The van der Waals surface area contributed by atoms with Gasteiger partial charge in [-0.05, 0) is 49.2 Å². The molecule has 9 heteroatoms. The Hall–Kier alpha value is -3.46. The maximum atomic E-state index is 13.0. The van der Waals surface area contributed by atoms with Crippen LogP contribution in [0.5, 0.6) is 0 Å². The highest BCUT2D eigenvalue weighted by molar-refractivity contribution is 6.05. The number of carbonyl (C=O) groups excluding carboxylic acids is 3. The van der Waals surface area contributed by atoms with E-state index in [2.05, 4.69) is 32.5 Å². The number of anilines is 1. The fraction of sp³-hybridized carbons (Fsp3) is 0.440. The van der Waals surface area contributed by atoms with Crippen molar-refractivity contribution in [3.8, 4) is 0 Å². The van der Waals surface area contributed by atoms with E-state index in [9.17, 15) is 14.4 Å². The summed E-state index contributed by atoms with van der Waals surface area (Å²) in [5.74, 6) is 0.220. The molecule has 2 fully saturated rings. The van der Waals surface area contributed by atoms with Crippen molar-refractivity contribution in [3.05, 3.63) is 59.3 Å². The van der Waals surface area contributed by atoms with E-state index in [0.717, 1.165) is 50.4 Å². The summed E-state index contributed by atoms with van der Waals surface area (Å²) in [5, 5.41) is 5.60. The Kier molecular flexibility index (Phi) is 6.19. The molecular weight excluding hydrogens is 432 g/mol. The highest BCUT2D eigenvalue weighted by Gasteiger charge is 2.47. The molecule has 2 aromatic rings. The van der Waals surface area contributed by atoms with Crippen molar-refractivity contribution >= 4 is 23.5 Å². The summed E-state index contributed by atoms with van der Waals surface area (Å²) in [6.45, 7) is 4.07. The molecule has 2 N–H and O–H groups in total. The van der Waals surface area contributed by atoms with Crippen LogP contribution in [0.25, 0.3) is 0 Å². The van der Waals surface area contributed by atoms with Gasteiger partial charge in [-0.3, -0.25) is 14.4 Å². The molecule has 3 aliphatic rings. The zero-order valence-electron chi connectivity index (χ0n) is 19.4. The molecule has 3 amide bonds. The predicted octanol–water partition coefficient (Wildman–Crippen LogP) is 0.925. The number of benzene rings is 1. The van der Waals surface area contributed by atoms with Gasteiger partial charge in [0.2, 0.25) is 11.8 Å². The molecule has 9 nitrogen and oxygen atoms in total. The molecule has 1 aromatic heterocycles. The van der Waals surface area contributed by atoms with Gasteiger partial charge in [0.1, 0.15) is 11.9 Å². The van der Waals surface area contributed by atoms with Gasteiger partial charge in [-0.25, -0.2) is 4.98 Å². The lowest BCUT2D eigenvalue weighted by Crippen LogP contribution is -2.45. The molecular formula is C25H30N6O3. The average molecular weight is 463 g/mol. The van der Waals surface area contributed by atoms with Gasteiger partial charge >= 0.3 is 0 Å². The summed E-state index contributed by atoms with van der Waals surface area (Å²) in [7, 11) is 2.11. The number of pyridine rings is 1. The number of nitrogens with zero attached hydrogens (tertiary/aromatic N) is 4. The van der Waals surface area contributed by atoms with Crippen molar-refractivity contribution in [1.29, 1.82) is 0 Å². The van der Waals surface area contributed by atoms with Crippen LogP contribution in [-0.2, 0) is 16.1 Å². The van der Waals surface area contributed by atoms with E-state index in [4.69, 9.17) is 0 Å². The Morgan fingerprint density at radius 3 is 2.59 bits per heavy atom. The number of piperazine rings is 1. The van der Waals surface area contributed by atoms with Crippen molar-refractivity contribution in [3.63, 3.8) is 0 Å². The second-order valence-corrected chi connectivity index (χ2v) is 9.24. The van der Waals surface area contributed by atoms with E-state index in [-0.39, 0.29) is 30.3 Å². The van der Waals surface area contributed by atoms with E-state index in [1.807, 2.05) is 30.3 Å². The summed E-state index contributed by atoms with van der Waals surface area (Å²) in [6, 6.07) is 10.5. The predicted molar refractivity (Wildman–Crippen MR) is 127 cm³/mol. The van der Waals surface area contributed by atoms with Gasteiger partial charge in [-0.2, -0.15) is 0 Å². The van der Waals surface area contributed by atoms with Gasteiger partial charge in [0.15, 0.2) is 0 Å². The molecule has 1 saturated carbocycles. The molecule has 178 valence electrons. The number of amides is 3. The first kappa shape index (κ1) is 22.3. The van der Waals surface area contributed by atoms with Crippen molar-refractivity contribution in [1.82, 2.24) is 25.4 Å². The summed E-state index contributed by atoms with van der Waals surface area (Å²) < 4.78 is 0. The summed E-state index contributed by atoms with van der Waals surface area (Å²) in [6.07, 6.45) is 3.58. The molecule has 5 rings (SSSR count). The van der Waals surface area contributed by atoms with Crippen molar-refractivity contribution in [2.24, 2.45) is 0 Å². The van der Waals surface area contributed by atoms with Crippen LogP contribution in [0.2, 0.25) is 0 Å². The number of nitrogens with one attached hydrogen (secondary N) is 2. The summed E-state index contributed by atoms with van der Waals surface area (Å²) >= 11 is 0. The molecule has 3 heterocycles. The van der Waals surface area contributed by atoms with Gasteiger partial charge in [0, 0.05) is 50.5 Å². The van der Waals surface area contributed by atoms with Crippen LogP contribution < -0.4 is 15.5 Å². The Balaban J connectivity index is 1.15. The zero-order chi connectivity index (χ0) is 23.7. The maximum absolute atomic E-state index is 13.0. The average Bonchev–Trinajstić information content (AvgIpc) is 3.65. The molecule has 0 radical (unpaired) electrons. The van der Waals surface area contributed by atoms with Gasteiger partial charge in [0.05, 0.1) is 6.54 Å². The minimum absolute atomic E-state index is 0.100. The standard InChI is InChI=1S/C25H30N6O3/c1-29-10-12-30(13-11-29)21-14-17(8-9-26-21)15-27-22(32)16-28-24(33)23-19-4-2-3-5-20(19)25(34)31(23)18-6-7-18/h2-5,8-9,14,18,23H,6-7,10-13,15-16H2,1H3,(H,27,32)(H,28,33). The summed E-state index contributed by atoms with van der Waals surface area (Å²) in [5.41, 5.74) is 2.25. The first-order chi connectivity index (χ1) is 16.5. The molecule has 34 heavy (non-hydrogen) atoms. The normalized spacial score (nSPS) is 20.3. The quantitative estimate of drug-likeness (QED) is 0.635. The summed E-state index contributed by atoms with van der Waals surface area (Å²) in [4.78, 5) is 49.0. The first-order valence-electron chi connectivity index (χ1n) is 11.9. The number of likely N-dealkylation sites (N-methyl/N-ethyl adjacent to an activating group) is 1. The molecule has 1 saturated heterocycles. The molecule has 1 aliphatic carbocycles. The highest BCUT2D eigenvalue weighted by Crippen LogP contribution is 2.41. The van der Waals surface area contributed by atoms with E-state index in [1.165, 1.54) is 0 Å². The van der Waals surface area contributed by atoms with Crippen molar-refractivity contribution < 1.29 is 14.4 Å². The van der Waals surface area contributed by atoms with E-state index in [1.54, 1.807) is 17.2 Å². The van der Waals surface area contributed by atoms with Crippen LogP contribution in [-0.4, -0.2) is 78.3 Å². The van der Waals surface area contributed by atoms with Crippen LogP contribution in [0.15, 0.2) is 42.6 Å². The SMILES string of the molecule is CN1CCN(c2cc(CNC(=O)CNC(=O)C3c4ccccc4C(=O)N3C3CC3)ccn2)CC1. The van der Waals surface area contributed by atoms with E-state index < -0.39 is 6.04 Å². The number of hydrogen-bond donors (Lipinski definition) is 2. The Labute approximate surface area is 199 Å². The van der Waals surface area contributed by atoms with Crippen LogP contribution in [0, 0.1) is 0 Å². The Morgan fingerprint density at radius 1 is 1.06 bits per heavy atom. The minimum atomic E-state index is -0.671. The second kappa shape index (κ2) is 9.42. The lowest BCUT2D eigenvalue weighted by Gasteiger charge is -2.33. The number of carbonyl (C=O) groups is 3. The lowest BCUT2D eigenvalue weighted by atomic mass is 10.0. The minimum Gasteiger partial charge on any atom is -0.354 e. The molecule has 0 spiro atoms. The van der Waals surface area contributed by atoms with Crippen molar-refractivity contribution in [2.45, 2.75) is 31.5 Å². The molecule has 1 atom stereocenters. The van der Waals surface area contributed by atoms with Gasteiger partial charge in [-0.15, -0.1) is 0 Å². The Bertz CT molecular complexity index is 1090. The van der Waals surface area contributed by atoms with Crippen molar-refractivity contribution in [2.75, 3.05) is 44.7 Å². The second-order valence-electron chi connectivity index (χ2n) is 9.24. The topological polar surface area (TPSA) is 97.9 Å². The number of fused-ring (bicyclic) bond motifs is 1. The largest absolute Gasteiger partial charge is 0.354 e. The van der Waals surface area contributed by atoms with Crippen LogP contribution in [0.3, 0.4) is 0 Å². The molecule has 1 unspecified atom stereocenters. The fourth-order valence-electron chi connectivity index (χ4n) is 4.64. The van der Waals surface area contributed by atoms with E-state index in [0.29, 0.717) is 17.7 Å². The fourth-order valence-corrected chi connectivity index (χ4v) is 4.64. The molecule has 0 bridgehead atoms. The van der Waals surface area contributed by atoms with Crippen LogP contribution >= 0.6 is 0 Å². The number of rotatable bonds is 7. The van der Waals surface area contributed by atoms with Crippen LogP contribution in [0.4, 0.5) is 5.82 Å². The van der Waals surface area contributed by atoms with Gasteiger partial charge in [0.25, 0.3) is 5.91 Å². The third-order valence-electron chi connectivity index (χ3n) is 6.74. The lowest BCUT2D eigenvalue weighted by molar-refractivity contribution is -0.129.